The van der Waals surface area contributed by atoms with Crippen LogP contribution in [0.25, 0.3) is 0 Å². The molecule has 0 fully saturated rings. The number of para-hydroxylation sites is 2. The third-order valence-electron chi connectivity index (χ3n) is 5.61. The van der Waals surface area contributed by atoms with Crippen LogP contribution in [0.5, 0.6) is 5.75 Å². The Bertz CT molecular complexity index is 1380. The van der Waals surface area contributed by atoms with Gasteiger partial charge in [0.1, 0.15) is 18.0 Å². The number of nitrogens with zero attached hydrogens (tertiary/aromatic N) is 2. The summed E-state index contributed by atoms with van der Waals surface area (Å²) in [7, 11) is 0. The third-order valence-corrected chi connectivity index (χ3v) is 6.63. The van der Waals surface area contributed by atoms with E-state index < -0.39 is 16.7 Å². The molecule has 0 bridgehead atoms. The molecule has 9 nitrogen and oxygen atoms in total. The van der Waals surface area contributed by atoms with Crippen LogP contribution in [0.1, 0.15) is 23.5 Å². The van der Waals surface area contributed by atoms with E-state index in [9.17, 15) is 25.0 Å². The fourth-order valence-electron chi connectivity index (χ4n) is 3.82. The maximum atomic E-state index is 12.5. The number of rotatable bonds is 9. The number of amides is 2. The molecule has 10 heteroatoms. The van der Waals surface area contributed by atoms with Crippen molar-refractivity contribution in [2.24, 2.45) is 0 Å². The molecule has 0 spiro atoms. The molecule has 2 N–H and O–H groups in total. The van der Waals surface area contributed by atoms with Crippen LogP contribution < -0.4 is 15.4 Å². The van der Waals surface area contributed by atoms with E-state index in [0.29, 0.717) is 23.0 Å². The molecule has 0 aliphatic carbocycles. The Morgan fingerprint density at radius 2 is 1.81 bits per heavy atom. The van der Waals surface area contributed by atoms with Crippen LogP contribution in [0, 0.1) is 21.4 Å². The van der Waals surface area contributed by atoms with Gasteiger partial charge in [0.15, 0.2) is 0 Å². The van der Waals surface area contributed by atoms with Gasteiger partial charge in [-0.2, -0.15) is 5.26 Å². The number of nitro groups is 1. The largest absolute Gasteiger partial charge is 0.489 e. The first-order valence-electron chi connectivity index (χ1n) is 11.3. The molecule has 0 unspecified atom stereocenters. The first-order valence-corrected chi connectivity index (χ1v) is 12.3. The summed E-state index contributed by atoms with van der Waals surface area (Å²) in [6.07, 6.45) is 0.0968. The van der Waals surface area contributed by atoms with E-state index in [1.165, 1.54) is 18.2 Å². The molecule has 0 saturated carbocycles. The number of nitrogens with one attached hydrogen (secondary N) is 2. The van der Waals surface area contributed by atoms with Crippen molar-refractivity contribution < 1.29 is 19.2 Å². The molecule has 1 atom stereocenters. The van der Waals surface area contributed by atoms with Gasteiger partial charge in [-0.1, -0.05) is 66.4 Å². The number of allylic oxidation sites excluding steroid dienone is 1. The zero-order chi connectivity index (χ0) is 26.2. The minimum atomic E-state index is -0.580. The highest BCUT2D eigenvalue weighted by molar-refractivity contribution is 8.03. The van der Waals surface area contributed by atoms with Gasteiger partial charge in [-0.05, 0) is 29.3 Å². The van der Waals surface area contributed by atoms with E-state index >= 15 is 0 Å². The standard InChI is InChI=1S/C27H22N4O5S/c28-15-22-21(19-10-12-20(13-11-19)36-16-18-6-2-1-3-7-18)14-25(32)30-27(22)37-17-26(33)29-23-8-4-5-9-24(23)31(34)35/h1-13,21H,14,16-17H2,(H,29,33)(H,30,32)/t21-/m1/s1. The summed E-state index contributed by atoms with van der Waals surface area (Å²) < 4.78 is 5.82. The van der Waals surface area contributed by atoms with Gasteiger partial charge in [0.25, 0.3) is 5.69 Å². The van der Waals surface area contributed by atoms with Gasteiger partial charge in [0.2, 0.25) is 11.8 Å². The summed E-state index contributed by atoms with van der Waals surface area (Å²) in [5.41, 5.74) is 2.02. The van der Waals surface area contributed by atoms with Gasteiger partial charge in [-0.25, -0.2) is 0 Å². The fourth-order valence-corrected chi connectivity index (χ4v) is 4.69. The lowest BCUT2D eigenvalue weighted by atomic mass is 9.87. The quantitative estimate of drug-likeness (QED) is 0.307. The van der Waals surface area contributed by atoms with Crippen molar-refractivity contribution in [2.75, 3.05) is 11.1 Å². The number of thioether (sulfide) groups is 1. The van der Waals surface area contributed by atoms with Crippen LogP contribution in [0.15, 0.2) is 89.5 Å². The Balaban J connectivity index is 1.44. The molecule has 4 rings (SSSR count). The molecule has 0 radical (unpaired) electrons. The van der Waals surface area contributed by atoms with Crippen molar-refractivity contribution in [1.29, 1.82) is 5.26 Å². The third kappa shape index (κ3) is 6.54. The number of ether oxygens (including phenoxy) is 1. The molecule has 0 aromatic heterocycles. The number of anilines is 1. The molecule has 0 saturated heterocycles. The smallest absolute Gasteiger partial charge is 0.292 e. The Morgan fingerprint density at radius 1 is 1.11 bits per heavy atom. The lowest BCUT2D eigenvalue weighted by molar-refractivity contribution is -0.383. The maximum absolute atomic E-state index is 12.5. The van der Waals surface area contributed by atoms with Crippen LogP contribution in [-0.2, 0) is 16.2 Å². The number of nitro benzene ring substituents is 1. The number of carbonyl (C=O) groups excluding carboxylic acids is 2. The van der Waals surface area contributed by atoms with E-state index in [-0.39, 0.29) is 29.5 Å². The van der Waals surface area contributed by atoms with Crippen molar-refractivity contribution in [2.45, 2.75) is 18.9 Å². The Morgan fingerprint density at radius 3 is 2.51 bits per heavy atom. The predicted octanol–water partition coefficient (Wildman–Crippen LogP) is 4.88. The fraction of sp³-hybridized carbons (Fsp3) is 0.148. The van der Waals surface area contributed by atoms with E-state index in [1.54, 1.807) is 18.2 Å². The van der Waals surface area contributed by atoms with Crippen LogP contribution in [0.4, 0.5) is 11.4 Å². The van der Waals surface area contributed by atoms with Crippen molar-refractivity contribution in [1.82, 2.24) is 5.32 Å². The monoisotopic (exact) mass is 514 g/mol. The predicted molar refractivity (Wildman–Crippen MR) is 140 cm³/mol. The van der Waals surface area contributed by atoms with Crippen LogP contribution in [0.2, 0.25) is 0 Å². The summed E-state index contributed by atoms with van der Waals surface area (Å²) in [4.78, 5) is 35.5. The Labute approximate surface area is 217 Å². The molecule has 3 aromatic carbocycles. The van der Waals surface area contributed by atoms with Crippen LogP contribution in [-0.4, -0.2) is 22.5 Å². The highest BCUT2D eigenvalue weighted by Crippen LogP contribution is 2.36. The SMILES string of the molecule is N#CC1=C(SCC(=O)Nc2ccccc2[N+](=O)[O-])NC(=O)C[C@@H]1c1ccc(OCc2ccccc2)cc1. The van der Waals surface area contributed by atoms with Crippen molar-refractivity contribution in [3.05, 3.63) is 111 Å². The molecule has 1 heterocycles. The van der Waals surface area contributed by atoms with Crippen molar-refractivity contribution >= 4 is 35.0 Å². The van der Waals surface area contributed by atoms with Crippen LogP contribution in [0.3, 0.4) is 0 Å². The number of nitriles is 1. The first-order chi connectivity index (χ1) is 17.9. The van der Waals surface area contributed by atoms with Crippen molar-refractivity contribution in [3.8, 4) is 11.8 Å². The molecule has 3 aromatic rings. The lowest BCUT2D eigenvalue weighted by Gasteiger charge is -2.25. The minimum absolute atomic E-state index is 0.0766. The number of benzene rings is 3. The van der Waals surface area contributed by atoms with E-state index in [0.717, 1.165) is 22.9 Å². The van der Waals surface area contributed by atoms with Gasteiger partial charge < -0.3 is 15.4 Å². The van der Waals surface area contributed by atoms with Crippen molar-refractivity contribution in [3.63, 3.8) is 0 Å². The van der Waals surface area contributed by atoms with Crippen LogP contribution >= 0.6 is 11.8 Å². The lowest BCUT2D eigenvalue weighted by Crippen LogP contribution is -2.31. The molecule has 37 heavy (non-hydrogen) atoms. The summed E-state index contributed by atoms with van der Waals surface area (Å²) in [5, 5.41) is 26.5. The second-order valence-electron chi connectivity index (χ2n) is 8.11. The number of hydrogen-bond donors (Lipinski definition) is 2. The molecular formula is C27H22N4O5S. The normalized spacial score (nSPS) is 14.9. The van der Waals surface area contributed by atoms with Gasteiger partial charge in [-0.3, -0.25) is 19.7 Å². The van der Waals surface area contributed by atoms with Gasteiger partial charge in [0.05, 0.1) is 27.3 Å². The number of hydrogen-bond acceptors (Lipinski definition) is 7. The zero-order valence-corrected chi connectivity index (χ0v) is 20.4. The topological polar surface area (TPSA) is 134 Å². The minimum Gasteiger partial charge on any atom is -0.489 e. The Kier molecular flexibility index (Phi) is 8.18. The molecule has 186 valence electrons. The summed E-state index contributed by atoms with van der Waals surface area (Å²) in [6, 6.07) is 25.0. The highest BCUT2D eigenvalue weighted by atomic mass is 32.2. The molecular weight excluding hydrogens is 492 g/mol. The average molecular weight is 515 g/mol. The average Bonchev–Trinajstić information content (AvgIpc) is 2.91. The highest BCUT2D eigenvalue weighted by Gasteiger charge is 2.30. The molecule has 2 amide bonds. The second-order valence-corrected chi connectivity index (χ2v) is 9.10. The number of carbonyl (C=O) groups is 2. The van der Waals surface area contributed by atoms with Gasteiger partial charge in [0, 0.05) is 18.4 Å². The van der Waals surface area contributed by atoms with E-state index in [1.807, 2.05) is 42.5 Å². The van der Waals surface area contributed by atoms with Gasteiger partial charge >= 0.3 is 0 Å². The van der Waals surface area contributed by atoms with Gasteiger partial charge in [-0.15, -0.1) is 0 Å². The first kappa shape index (κ1) is 25.5. The maximum Gasteiger partial charge on any atom is 0.292 e. The molecule has 1 aliphatic heterocycles. The van der Waals surface area contributed by atoms with E-state index in [2.05, 4.69) is 16.7 Å². The summed E-state index contributed by atoms with van der Waals surface area (Å²) in [5.74, 6) is -0.721. The zero-order valence-electron chi connectivity index (χ0n) is 19.5. The summed E-state index contributed by atoms with van der Waals surface area (Å²) >= 11 is 1.00. The Hall–Kier alpha value is -4.62. The molecule has 1 aliphatic rings. The van der Waals surface area contributed by atoms with E-state index in [4.69, 9.17) is 4.74 Å². The summed E-state index contributed by atoms with van der Waals surface area (Å²) in [6.45, 7) is 0.421. The second kappa shape index (κ2) is 11.9.